The number of likely N-dealkylation sites (N-methyl/N-ethyl adjacent to an activating group) is 4. The van der Waals surface area contributed by atoms with E-state index in [0.717, 1.165) is 159 Å². The van der Waals surface area contributed by atoms with Crippen molar-refractivity contribution < 1.29 is 76.7 Å². The predicted octanol–water partition coefficient (Wildman–Crippen LogP) is 15.0. The fourth-order valence-electron chi connectivity index (χ4n) is 13.5. The summed E-state index contributed by atoms with van der Waals surface area (Å²) in [6, 6.07) is 22.1. The van der Waals surface area contributed by atoms with E-state index in [-0.39, 0.29) is 107 Å². The number of imidazole rings is 1. The Morgan fingerprint density at radius 2 is 0.667 bits per heavy atom. The number of alkyl halides is 12. The van der Waals surface area contributed by atoms with Gasteiger partial charge in [-0.1, -0.05) is 77.9 Å². The maximum Gasteiger partial charge on any atom is 0.416 e. The number of hydrogen-bond acceptors (Lipinski definition) is 14. The van der Waals surface area contributed by atoms with E-state index in [0.29, 0.717) is 29.8 Å². The first-order chi connectivity index (χ1) is 54.7. The Morgan fingerprint density at radius 3 is 0.949 bits per heavy atom. The third-order valence-electron chi connectivity index (χ3n) is 20.5. The highest BCUT2D eigenvalue weighted by molar-refractivity contribution is 5.96. The number of benzene rings is 5. The minimum Gasteiger partial charge on any atom is -0.350 e. The number of amides is 3. The Labute approximate surface area is 683 Å². The van der Waals surface area contributed by atoms with Crippen molar-refractivity contribution in [3.8, 4) is 5.69 Å². The fraction of sp³-hybridized carbons (Fsp3) is 0.563. The summed E-state index contributed by atoms with van der Waals surface area (Å²) in [6.07, 6.45) is -14.0. The van der Waals surface area contributed by atoms with Gasteiger partial charge in [0, 0.05) is 202 Å². The second kappa shape index (κ2) is 44.8. The van der Waals surface area contributed by atoms with Crippen molar-refractivity contribution in [2.24, 2.45) is 11.8 Å². The number of halogens is 12. The molecule has 5 aromatic carbocycles. The maximum absolute atomic E-state index is 13.5. The summed E-state index contributed by atoms with van der Waals surface area (Å²) < 4.78 is 163. The second-order valence-electron chi connectivity index (χ2n) is 32.3. The van der Waals surface area contributed by atoms with Crippen LogP contribution in [0, 0.1) is 25.7 Å². The average Bonchev–Trinajstić information content (AvgIpc) is 1.55. The first-order valence-electron chi connectivity index (χ1n) is 40.3. The zero-order valence-corrected chi connectivity index (χ0v) is 70.7. The minimum atomic E-state index is -4.48. The molecule has 4 aliphatic heterocycles. The number of nitrogens with zero attached hydrogens (tertiary/aromatic N) is 10. The van der Waals surface area contributed by atoms with Gasteiger partial charge in [-0.2, -0.15) is 52.7 Å². The van der Waals surface area contributed by atoms with E-state index < -0.39 is 58.8 Å². The molecule has 5 heterocycles. The van der Waals surface area contributed by atoms with Crippen molar-refractivity contribution in [1.82, 2.24) is 64.7 Å². The van der Waals surface area contributed by atoms with Crippen LogP contribution in [0.1, 0.15) is 181 Å². The second-order valence-corrected chi connectivity index (χ2v) is 32.3. The van der Waals surface area contributed by atoms with Crippen LogP contribution in [-0.2, 0) is 73.3 Å². The lowest BCUT2D eigenvalue weighted by Gasteiger charge is -2.34. The SMILES string of the molecule is CC(C)C(=O)Cc1ccc(CN2CCN(C)CC2)c(C(F)(F)F)c1.CC(C)NC(=O)c1ccc(CN2CCN(C)CC2)c(C(F)(F)F)c1.CCN1CCN(Cc2ccc(C(=O)NC(C)C)cc2C(F)(F)F)CC1.CCN1CCN(Cc2ccc(CC(=O)C(C)C)cc2C(F)(F)F)CC1.Cc1cc(C(=O)NC(C)C)cc(-n2cnc(C)c2)c1. The van der Waals surface area contributed by atoms with E-state index in [1.54, 1.807) is 73.8 Å². The van der Waals surface area contributed by atoms with Gasteiger partial charge in [-0.15, -0.1) is 0 Å². The van der Waals surface area contributed by atoms with E-state index >= 15 is 0 Å². The summed E-state index contributed by atoms with van der Waals surface area (Å²) in [5.74, 6) is -1.46. The summed E-state index contributed by atoms with van der Waals surface area (Å²) in [7, 11) is 4.01. The molecular formula is C87H121F12N13O5. The van der Waals surface area contributed by atoms with E-state index in [9.17, 15) is 76.7 Å². The van der Waals surface area contributed by atoms with Crippen molar-refractivity contribution in [3.05, 3.63) is 187 Å². The molecule has 4 saturated heterocycles. The van der Waals surface area contributed by atoms with Gasteiger partial charge in [0.2, 0.25) is 0 Å². The summed E-state index contributed by atoms with van der Waals surface area (Å²) in [4.78, 5) is 81.0. The van der Waals surface area contributed by atoms with Gasteiger partial charge in [-0.05, 0) is 176 Å². The van der Waals surface area contributed by atoms with Gasteiger partial charge in [-0.3, -0.25) is 43.6 Å². The van der Waals surface area contributed by atoms with Gasteiger partial charge in [0.15, 0.2) is 0 Å². The van der Waals surface area contributed by atoms with Crippen molar-refractivity contribution in [2.75, 3.05) is 132 Å². The zero-order valence-electron chi connectivity index (χ0n) is 70.7. The number of aromatic nitrogens is 2. The van der Waals surface area contributed by atoms with Crippen molar-refractivity contribution in [2.45, 2.75) is 179 Å². The molecule has 30 heteroatoms. The molecule has 117 heavy (non-hydrogen) atoms. The van der Waals surface area contributed by atoms with Crippen LogP contribution in [-0.4, -0.2) is 228 Å². The van der Waals surface area contributed by atoms with Crippen molar-refractivity contribution in [1.29, 1.82) is 0 Å². The number of Topliss-reactive ketones (excluding diaryl/α,β-unsaturated/α-hetero) is 2. The molecule has 1 aromatic heterocycles. The number of carbonyl (C=O) groups excluding carboxylic acids is 5. The molecule has 0 saturated carbocycles. The molecule has 3 amide bonds. The predicted molar refractivity (Wildman–Crippen MR) is 434 cm³/mol. The molecule has 0 spiro atoms. The molecule has 6 aromatic rings. The molecule has 3 N–H and O–H groups in total. The van der Waals surface area contributed by atoms with Gasteiger partial charge in [-0.25, -0.2) is 4.98 Å². The molecule has 0 bridgehead atoms. The molecule has 4 fully saturated rings. The van der Waals surface area contributed by atoms with Gasteiger partial charge >= 0.3 is 24.7 Å². The Morgan fingerprint density at radius 1 is 0.376 bits per heavy atom. The normalized spacial score (nSPS) is 16.2. The average molecular weight is 1660 g/mol. The number of ketones is 2. The van der Waals surface area contributed by atoms with Gasteiger partial charge in [0.05, 0.1) is 34.3 Å². The summed E-state index contributed by atoms with van der Waals surface area (Å²) >= 11 is 0. The largest absolute Gasteiger partial charge is 0.416 e. The molecule has 648 valence electrons. The topological polar surface area (TPSA) is 165 Å². The van der Waals surface area contributed by atoms with Gasteiger partial charge in [0.1, 0.15) is 11.6 Å². The standard InChI is InChI=1S/C19H27F3N2O.C18H26F3N3O.C18H25F3N2O.C17H24F3N3O.C15H19N3O/c1-4-23-7-9-24(10-8-23)13-16-6-5-15(12-18(25)14(2)3)11-17(16)19(20,21)22;1-4-23-7-9-24(10-8-23)12-15-6-5-14(17(25)22-13(2)3)11-16(15)18(19,20)21;1-13(2)17(24)11-14-4-5-15(16(10-14)18(19,20)21)12-23-8-6-22(3)7-9-23;1-12(2)21-16(24)13-4-5-14(15(10-13)17(18,19)20)11-23-8-6-22(3)7-9-23;1-10(2)17-15(19)13-5-11(3)6-14(7-13)18-8-12(4)16-9-18/h5-6,11,14H,4,7-10,12-13H2,1-3H3;5-6,11,13H,4,7-10,12H2,1-3H3,(H,22,25);4-5,10,13H,6-9,11-12H2,1-3H3;4-5,10,12H,6-9,11H2,1-3H3,(H,21,24);5-10H,1-4H3,(H,17,19). The highest BCUT2D eigenvalue weighted by Gasteiger charge is 2.39. The quantitative estimate of drug-likeness (QED) is 0.0519. The van der Waals surface area contributed by atoms with Gasteiger partial charge in [0.25, 0.3) is 17.7 Å². The lowest BCUT2D eigenvalue weighted by atomic mass is 9.96. The van der Waals surface area contributed by atoms with E-state index in [4.69, 9.17) is 0 Å². The number of nitrogens with one attached hydrogen (secondary N) is 3. The number of aryl methyl sites for hydroxylation is 2. The number of rotatable bonds is 23. The van der Waals surface area contributed by atoms with Crippen molar-refractivity contribution in [3.63, 3.8) is 0 Å². The number of hydrogen-bond donors (Lipinski definition) is 3. The first kappa shape index (κ1) is 97.7. The minimum absolute atomic E-state index is 0.0400. The molecule has 0 radical (unpaired) electrons. The highest BCUT2D eigenvalue weighted by atomic mass is 19.4. The summed E-state index contributed by atoms with van der Waals surface area (Å²) in [5, 5.41) is 8.16. The van der Waals surface area contributed by atoms with Crippen LogP contribution >= 0.6 is 0 Å². The fourth-order valence-corrected chi connectivity index (χ4v) is 13.5. The summed E-state index contributed by atoms with van der Waals surface area (Å²) in [5.41, 5.74) is 2.93. The first-order valence-corrected chi connectivity index (χ1v) is 40.3. The molecule has 10 rings (SSSR count). The smallest absolute Gasteiger partial charge is 0.350 e. The van der Waals surface area contributed by atoms with Crippen LogP contribution in [0.3, 0.4) is 0 Å². The van der Waals surface area contributed by atoms with Crippen LogP contribution in [0.4, 0.5) is 52.7 Å². The van der Waals surface area contributed by atoms with Crippen LogP contribution < -0.4 is 16.0 Å². The lowest BCUT2D eigenvalue weighted by Crippen LogP contribution is -2.45. The Kier molecular flexibility index (Phi) is 37.4. The van der Waals surface area contributed by atoms with E-state index in [2.05, 4.69) is 59.3 Å². The molecule has 0 unspecified atom stereocenters. The Bertz CT molecular complexity index is 4160. The van der Waals surface area contributed by atoms with Gasteiger partial charge < -0.3 is 40.1 Å². The van der Waals surface area contributed by atoms with Crippen LogP contribution in [0.25, 0.3) is 5.69 Å². The third kappa shape index (κ3) is 32.5. The molecule has 0 atom stereocenters. The van der Waals surface area contributed by atoms with Crippen LogP contribution in [0.15, 0.2) is 104 Å². The molecule has 18 nitrogen and oxygen atoms in total. The maximum atomic E-state index is 13.5. The number of piperazine rings is 4. The van der Waals surface area contributed by atoms with Crippen LogP contribution in [0.5, 0.6) is 0 Å². The monoisotopic (exact) mass is 1660 g/mol. The van der Waals surface area contributed by atoms with Crippen LogP contribution in [0.2, 0.25) is 0 Å². The van der Waals surface area contributed by atoms with Crippen molar-refractivity contribution >= 4 is 29.3 Å². The number of carbonyl (C=O) groups is 5. The third-order valence-corrected chi connectivity index (χ3v) is 20.5. The highest BCUT2D eigenvalue weighted by Crippen LogP contribution is 2.38. The molecule has 4 aliphatic rings. The van der Waals surface area contributed by atoms with E-state index in [1.165, 1.54) is 36.4 Å². The summed E-state index contributed by atoms with van der Waals surface area (Å²) in [6.45, 7) is 42.1. The zero-order chi connectivity index (χ0) is 87.0. The van der Waals surface area contributed by atoms with E-state index in [1.807, 2.05) is 85.5 Å². The Balaban J connectivity index is 0.000000228. The Hall–Kier alpha value is -8.10. The molecule has 0 aliphatic carbocycles. The molecular weight excluding hydrogens is 1540 g/mol. The lowest BCUT2D eigenvalue weighted by molar-refractivity contribution is -0.139.